The predicted molar refractivity (Wildman–Crippen MR) is 119 cm³/mol. The molecule has 2 aliphatic rings. The van der Waals surface area contributed by atoms with Gasteiger partial charge in [0, 0.05) is 37.4 Å². The topological polar surface area (TPSA) is 90.5 Å². The number of nitrogens with zero attached hydrogens (tertiary/aromatic N) is 5. The lowest BCUT2D eigenvalue weighted by atomic mass is 10.2. The van der Waals surface area contributed by atoms with Crippen LogP contribution in [-0.4, -0.2) is 70.7 Å². The van der Waals surface area contributed by atoms with E-state index in [1.807, 2.05) is 0 Å². The number of methoxy groups -OCH3 is 1. The Morgan fingerprint density at radius 3 is 2.58 bits per heavy atom. The van der Waals surface area contributed by atoms with Crippen molar-refractivity contribution in [2.75, 3.05) is 55.9 Å². The summed E-state index contributed by atoms with van der Waals surface area (Å²) < 4.78 is 19.1. The summed E-state index contributed by atoms with van der Waals surface area (Å²) in [5, 5.41) is 8.56. The van der Waals surface area contributed by atoms with Gasteiger partial charge in [0.05, 0.1) is 7.11 Å². The van der Waals surface area contributed by atoms with Crippen molar-refractivity contribution in [2.24, 2.45) is 0 Å². The Morgan fingerprint density at radius 1 is 1.06 bits per heavy atom. The van der Waals surface area contributed by atoms with E-state index in [2.05, 4.69) is 47.8 Å². The quantitative estimate of drug-likeness (QED) is 0.555. The number of nitrogens with one attached hydrogen (secondary N) is 3. The average Bonchev–Trinajstić information content (AvgIpc) is 3.44. The molecule has 0 aliphatic carbocycles. The van der Waals surface area contributed by atoms with Gasteiger partial charge in [-0.25, -0.2) is 9.40 Å². The Morgan fingerprint density at radius 2 is 1.84 bits per heavy atom. The Bertz CT molecular complexity index is 876. The highest BCUT2D eigenvalue weighted by molar-refractivity contribution is 5.57. The van der Waals surface area contributed by atoms with Crippen molar-refractivity contribution in [1.29, 1.82) is 0 Å². The predicted octanol–water partition coefficient (Wildman–Crippen LogP) is 3.08. The van der Waals surface area contributed by atoms with Gasteiger partial charge in [0.15, 0.2) is 11.6 Å². The van der Waals surface area contributed by atoms with E-state index in [0.29, 0.717) is 29.6 Å². The third-order valence-electron chi connectivity index (χ3n) is 5.81. The second-order valence-electron chi connectivity index (χ2n) is 7.89. The summed E-state index contributed by atoms with van der Waals surface area (Å²) in [4.78, 5) is 16.0. The lowest BCUT2D eigenvalue weighted by Crippen LogP contribution is -2.35. The number of rotatable bonds is 9. The molecule has 3 N–H and O–H groups in total. The molecule has 3 heterocycles. The van der Waals surface area contributed by atoms with Crippen molar-refractivity contribution in [1.82, 2.24) is 24.9 Å². The van der Waals surface area contributed by atoms with Crippen LogP contribution >= 0.6 is 0 Å². The first kappa shape index (κ1) is 21.5. The molecule has 0 bridgehead atoms. The van der Waals surface area contributed by atoms with Crippen LogP contribution in [0.2, 0.25) is 0 Å². The molecule has 4 rings (SSSR count). The molecule has 0 radical (unpaired) electrons. The second-order valence-corrected chi connectivity index (χ2v) is 7.89. The maximum absolute atomic E-state index is 14.1. The molecule has 1 aromatic heterocycles. The van der Waals surface area contributed by atoms with Crippen LogP contribution in [0.5, 0.6) is 5.75 Å². The molecular weight excluding hydrogens is 399 g/mol. The zero-order valence-corrected chi connectivity index (χ0v) is 18.2. The third-order valence-corrected chi connectivity index (χ3v) is 5.81. The first-order chi connectivity index (χ1) is 15.1. The highest BCUT2D eigenvalue weighted by atomic mass is 19.1. The summed E-state index contributed by atoms with van der Waals surface area (Å²) in [5.41, 5.74) is 3.81. The maximum Gasteiger partial charge on any atom is 0.244 e. The maximum atomic E-state index is 14.1. The fourth-order valence-corrected chi connectivity index (χ4v) is 4.16. The van der Waals surface area contributed by atoms with Crippen molar-refractivity contribution in [3.63, 3.8) is 0 Å². The van der Waals surface area contributed by atoms with Crippen LogP contribution in [0.25, 0.3) is 0 Å². The minimum atomic E-state index is -0.448. The highest BCUT2D eigenvalue weighted by Gasteiger charge is 2.23. The first-order valence-corrected chi connectivity index (χ1v) is 11.0. The van der Waals surface area contributed by atoms with Gasteiger partial charge >= 0.3 is 0 Å². The van der Waals surface area contributed by atoms with Gasteiger partial charge in [0.1, 0.15) is 0 Å². The summed E-state index contributed by atoms with van der Waals surface area (Å²) in [6.07, 6.45) is 4.68. The molecule has 10 heteroatoms. The lowest BCUT2D eigenvalue weighted by Gasteiger charge is -2.23. The number of hydrogen-bond acceptors (Lipinski definition) is 9. The number of likely N-dealkylation sites (N-methyl/N-ethyl adjacent to an activating group) is 1. The monoisotopic (exact) mass is 430 g/mol. The Balaban J connectivity index is 1.51. The molecule has 1 unspecified atom stereocenters. The SMILES string of the molecule is CCN1CCCC1CNc1nc(Nc2ccc(OC)c(F)c2)nc(NN2CCCC2)n1. The van der Waals surface area contributed by atoms with Crippen LogP contribution in [0.1, 0.15) is 32.6 Å². The molecular formula is C21H31FN8O. The standard InChI is InChI=1S/C21H31FN8O/c1-3-29-10-6-7-16(29)14-23-19-25-20(24-15-8-9-18(31-2)17(22)13-15)27-21(26-19)28-30-11-4-5-12-30/h8-9,13,16H,3-7,10-12,14H2,1-2H3,(H3,23,24,25,26,27,28). The lowest BCUT2D eigenvalue weighted by molar-refractivity contribution is 0.277. The van der Waals surface area contributed by atoms with Gasteiger partial charge in [0.2, 0.25) is 17.8 Å². The number of anilines is 4. The van der Waals surface area contributed by atoms with Gasteiger partial charge in [-0.15, -0.1) is 0 Å². The van der Waals surface area contributed by atoms with Crippen molar-refractivity contribution in [3.8, 4) is 5.75 Å². The average molecular weight is 431 g/mol. The summed E-state index contributed by atoms with van der Waals surface area (Å²) in [7, 11) is 1.44. The molecule has 0 amide bonds. The van der Waals surface area contributed by atoms with Crippen molar-refractivity contribution in [2.45, 2.75) is 38.6 Å². The van der Waals surface area contributed by atoms with Gasteiger partial charge in [-0.2, -0.15) is 15.0 Å². The number of hydrazine groups is 1. The van der Waals surface area contributed by atoms with Gasteiger partial charge in [-0.05, 0) is 50.9 Å². The molecule has 2 fully saturated rings. The first-order valence-electron chi connectivity index (χ1n) is 11.0. The van der Waals surface area contributed by atoms with Crippen LogP contribution in [-0.2, 0) is 0 Å². The number of hydrogen-bond donors (Lipinski definition) is 3. The van der Waals surface area contributed by atoms with E-state index in [1.165, 1.54) is 26.0 Å². The highest BCUT2D eigenvalue weighted by Crippen LogP contribution is 2.24. The summed E-state index contributed by atoms with van der Waals surface area (Å²) >= 11 is 0. The number of halogens is 1. The van der Waals surface area contributed by atoms with E-state index in [1.54, 1.807) is 12.1 Å². The Labute approximate surface area is 182 Å². The molecule has 1 aromatic carbocycles. The molecule has 0 spiro atoms. The van der Waals surface area contributed by atoms with Crippen LogP contribution < -0.4 is 20.8 Å². The third kappa shape index (κ3) is 5.50. The van der Waals surface area contributed by atoms with Gasteiger partial charge in [-0.1, -0.05) is 6.92 Å². The van der Waals surface area contributed by atoms with E-state index >= 15 is 0 Å². The van der Waals surface area contributed by atoms with E-state index in [-0.39, 0.29) is 5.75 Å². The van der Waals surface area contributed by atoms with Crippen LogP contribution in [0, 0.1) is 5.82 Å². The normalized spacial score (nSPS) is 19.5. The number of benzene rings is 1. The molecule has 2 saturated heterocycles. The molecule has 168 valence electrons. The fourth-order valence-electron chi connectivity index (χ4n) is 4.16. The van der Waals surface area contributed by atoms with Crippen molar-refractivity contribution in [3.05, 3.63) is 24.0 Å². The smallest absolute Gasteiger partial charge is 0.244 e. The Kier molecular flexibility index (Phi) is 6.98. The minimum absolute atomic E-state index is 0.192. The molecule has 0 saturated carbocycles. The summed E-state index contributed by atoms with van der Waals surface area (Å²) in [5.74, 6) is 1.06. The van der Waals surface area contributed by atoms with Gasteiger partial charge < -0.3 is 15.4 Å². The zero-order chi connectivity index (χ0) is 21.6. The van der Waals surface area contributed by atoms with E-state index < -0.39 is 5.82 Å². The Hall–Kier alpha value is -2.72. The van der Waals surface area contributed by atoms with Gasteiger partial charge in [-0.3, -0.25) is 10.3 Å². The van der Waals surface area contributed by atoms with Crippen LogP contribution in [0.4, 0.5) is 27.9 Å². The van der Waals surface area contributed by atoms with E-state index in [4.69, 9.17) is 4.74 Å². The van der Waals surface area contributed by atoms with Crippen LogP contribution in [0.3, 0.4) is 0 Å². The van der Waals surface area contributed by atoms with Gasteiger partial charge in [0.25, 0.3) is 0 Å². The largest absolute Gasteiger partial charge is 0.494 e. The van der Waals surface area contributed by atoms with Crippen LogP contribution in [0.15, 0.2) is 18.2 Å². The fraction of sp³-hybridized carbons (Fsp3) is 0.571. The summed E-state index contributed by atoms with van der Waals surface area (Å²) in [6.45, 7) is 7.05. The molecule has 2 aromatic rings. The van der Waals surface area contributed by atoms with Crippen molar-refractivity contribution < 1.29 is 9.13 Å². The zero-order valence-electron chi connectivity index (χ0n) is 18.2. The number of ether oxygens (including phenoxy) is 1. The molecule has 1 atom stereocenters. The summed E-state index contributed by atoms with van der Waals surface area (Å²) in [6, 6.07) is 5.13. The number of likely N-dealkylation sites (tertiary alicyclic amines) is 1. The molecule has 2 aliphatic heterocycles. The number of aromatic nitrogens is 3. The van der Waals surface area contributed by atoms with E-state index in [0.717, 1.165) is 45.6 Å². The minimum Gasteiger partial charge on any atom is -0.494 e. The molecule has 9 nitrogen and oxygen atoms in total. The van der Waals surface area contributed by atoms with Crippen molar-refractivity contribution >= 4 is 23.5 Å². The van der Waals surface area contributed by atoms with E-state index in [9.17, 15) is 4.39 Å². The second kappa shape index (κ2) is 10.1. The molecule has 31 heavy (non-hydrogen) atoms.